The van der Waals surface area contributed by atoms with Crippen LogP contribution in [0.1, 0.15) is 6.92 Å². The van der Waals surface area contributed by atoms with E-state index in [-0.39, 0.29) is 5.97 Å². The van der Waals surface area contributed by atoms with Gasteiger partial charge in [0.1, 0.15) is 6.29 Å². The van der Waals surface area contributed by atoms with Crippen LogP contribution >= 0.6 is 0 Å². The highest BCUT2D eigenvalue weighted by Gasteiger charge is 1.89. The Labute approximate surface area is 77.4 Å². The molecule has 0 atom stereocenters. The number of hydrogen-bond acceptors (Lipinski definition) is 3. The quantitative estimate of drug-likeness (QED) is 0.278. The lowest BCUT2D eigenvalue weighted by molar-refractivity contribution is -0.137. The van der Waals surface area contributed by atoms with Crippen molar-refractivity contribution < 1.29 is 14.3 Å². The number of hydrogen-bond donors (Lipinski definition) is 0. The van der Waals surface area contributed by atoms with Gasteiger partial charge in [0.2, 0.25) is 0 Å². The van der Waals surface area contributed by atoms with Crippen molar-refractivity contribution in [3.8, 4) is 0 Å². The summed E-state index contributed by atoms with van der Waals surface area (Å²) in [5.74, 6) is -0.369. The Morgan fingerprint density at radius 3 is 2.38 bits per heavy atom. The molecule has 3 heteroatoms. The van der Waals surface area contributed by atoms with E-state index in [0.29, 0.717) is 12.9 Å². The second-order valence-corrected chi connectivity index (χ2v) is 2.02. The molecule has 0 aromatic rings. The molecule has 0 rings (SSSR count). The molecule has 0 aliphatic heterocycles. The molecule has 0 N–H and O–H groups in total. The minimum atomic E-state index is -0.369. The molecule has 13 heavy (non-hydrogen) atoms. The molecule has 0 aliphatic rings. The van der Waals surface area contributed by atoms with Crippen molar-refractivity contribution in [2.24, 2.45) is 0 Å². The molecule has 0 spiro atoms. The molecule has 70 valence electrons. The highest BCUT2D eigenvalue weighted by molar-refractivity contribution is 5.82. The molecule has 0 fully saturated rings. The Hall–Kier alpha value is -1.64. The lowest BCUT2D eigenvalue weighted by Gasteiger charge is -1.92. The Morgan fingerprint density at radius 2 is 1.77 bits per heavy atom. The van der Waals surface area contributed by atoms with Crippen molar-refractivity contribution in [3.63, 3.8) is 0 Å². The zero-order valence-corrected chi connectivity index (χ0v) is 7.47. The molecule has 0 radical (unpaired) electrons. The maximum absolute atomic E-state index is 10.7. The van der Waals surface area contributed by atoms with E-state index >= 15 is 0 Å². The fourth-order valence-corrected chi connectivity index (χ4v) is 0.562. The van der Waals surface area contributed by atoms with Crippen LogP contribution in [0.15, 0.2) is 36.5 Å². The van der Waals surface area contributed by atoms with Crippen molar-refractivity contribution in [2.45, 2.75) is 6.92 Å². The molecule has 0 heterocycles. The van der Waals surface area contributed by atoms with Crippen LogP contribution in [0.25, 0.3) is 0 Å². The fraction of sp³-hybridized carbons (Fsp3) is 0.200. The van der Waals surface area contributed by atoms with Crippen molar-refractivity contribution in [3.05, 3.63) is 36.5 Å². The van der Waals surface area contributed by atoms with Gasteiger partial charge in [0.25, 0.3) is 0 Å². The van der Waals surface area contributed by atoms with Crippen molar-refractivity contribution in [2.75, 3.05) is 6.61 Å². The van der Waals surface area contributed by atoms with Gasteiger partial charge in [0.05, 0.1) is 6.61 Å². The molecular formula is C10H12O3. The number of rotatable bonds is 5. The summed E-state index contributed by atoms with van der Waals surface area (Å²) >= 11 is 0. The molecule has 0 aromatic carbocycles. The van der Waals surface area contributed by atoms with Gasteiger partial charge in [-0.1, -0.05) is 24.3 Å². The fourth-order valence-electron chi connectivity index (χ4n) is 0.562. The van der Waals surface area contributed by atoms with Gasteiger partial charge in [-0.2, -0.15) is 0 Å². The molecule has 0 bridgehead atoms. The highest BCUT2D eigenvalue weighted by atomic mass is 16.5. The molecular weight excluding hydrogens is 168 g/mol. The SMILES string of the molecule is CCOC(=O)C=CC=CC=CC=O. The number of esters is 1. The van der Waals surface area contributed by atoms with Gasteiger partial charge in [-0.25, -0.2) is 4.79 Å². The standard InChI is InChI=1S/C10H12O3/c1-2-13-10(12)8-6-4-3-5-7-9-11/h3-9H,2H2,1H3. The summed E-state index contributed by atoms with van der Waals surface area (Å²) in [6.07, 6.45) is 9.75. The average molecular weight is 180 g/mol. The Balaban J connectivity index is 3.73. The number of allylic oxidation sites excluding steroid dienone is 5. The lowest BCUT2D eigenvalue weighted by atomic mass is 10.4. The third kappa shape index (κ3) is 8.26. The zero-order valence-electron chi connectivity index (χ0n) is 7.47. The van der Waals surface area contributed by atoms with Gasteiger partial charge in [-0.15, -0.1) is 0 Å². The molecule has 0 unspecified atom stereocenters. The maximum Gasteiger partial charge on any atom is 0.330 e. The largest absolute Gasteiger partial charge is 0.463 e. The van der Waals surface area contributed by atoms with Gasteiger partial charge < -0.3 is 4.74 Å². The van der Waals surface area contributed by atoms with E-state index in [9.17, 15) is 9.59 Å². The summed E-state index contributed by atoms with van der Waals surface area (Å²) in [6.45, 7) is 2.12. The van der Waals surface area contributed by atoms with E-state index in [4.69, 9.17) is 0 Å². The van der Waals surface area contributed by atoms with Gasteiger partial charge in [0, 0.05) is 6.08 Å². The summed E-state index contributed by atoms with van der Waals surface area (Å²) in [7, 11) is 0. The zero-order chi connectivity index (χ0) is 9.94. The van der Waals surface area contributed by atoms with Crippen LogP contribution in [0.3, 0.4) is 0 Å². The van der Waals surface area contributed by atoms with E-state index in [1.165, 1.54) is 12.2 Å². The van der Waals surface area contributed by atoms with Crippen LogP contribution in [-0.4, -0.2) is 18.9 Å². The smallest absolute Gasteiger partial charge is 0.330 e. The highest BCUT2D eigenvalue weighted by Crippen LogP contribution is 1.83. The predicted molar refractivity (Wildman–Crippen MR) is 50.1 cm³/mol. The van der Waals surface area contributed by atoms with Crippen molar-refractivity contribution in [1.82, 2.24) is 0 Å². The maximum atomic E-state index is 10.7. The van der Waals surface area contributed by atoms with Crippen LogP contribution in [0, 0.1) is 0 Å². The average Bonchev–Trinajstić information content (AvgIpc) is 2.11. The van der Waals surface area contributed by atoms with Crippen LogP contribution < -0.4 is 0 Å². The van der Waals surface area contributed by atoms with E-state index in [1.54, 1.807) is 31.2 Å². The Bertz CT molecular complexity index is 237. The van der Waals surface area contributed by atoms with Crippen molar-refractivity contribution in [1.29, 1.82) is 0 Å². The van der Waals surface area contributed by atoms with Crippen LogP contribution in [-0.2, 0) is 14.3 Å². The molecule has 0 saturated carbocycles. The first-order valence-corrected chi connectivity index (χ1v) is 3.93. The number of aldehydes is 1. The summed E-state index contributed by atoms with van der Waals surface area (Å²) in [4.78, 5) is 20.5. The van der Waals surface area contributed by atoms with Crippen LogP contribution in [0.2, 0.25) is 0 Å². The van der Waals surface area contributed by atoms with E-state index < -0.39 is 0 Å². The number of carbonyl (C=O) groups excluding carboxylic acids is 2. The summed E-state index contributed by atoms with van der Waals surface area (Å²) in [6, 6.07) is 0. The minimum Gasteiger partial charge on any atom is -0.463 e. The van der Waals surface area contributed by atoms with Gasteiger partial charge >= 0.3 is 5.97 Å². The number of ether oxygens (including phenoxy) is 1. The molecule has 0 saturated heterocycles. The first-order chi connectivity index (χ1) is 6.31. The van der Waals surface area contributed by atoms with E-state index in [1.807, 2.05) is 0 Å². The van der Waals surface area contributed by atoms with E-state index in [0.717, 1.165) is 0 Å². The first kappa shape index (κ1) is 11.4. The Kier molecular flexibility index (Phi) is 7.39. The third-order valence-electron chi connectivity index (χ3n) is 1.04. The summed E-state index contributed by atoms with van der Waals surface area (Å²) < 4.78 is 4.64. The van der Waals surface area contributed by atoms with Gasteiger partial charge in [0.15, 0.2) is 0 Å². The molecule has 3 nitrogen and oxygen atoms in total. The topological polar surface area (TPSA) is 43.4 Å². The second-order valence-electron chi connectivity index (χ2n) is 2.02. The molecule has 0 aliphatic carbocycles. The first-order valence-electron chi connectivity index (χ1n) is 3.93. The van der Waals surface area contributed by atoms with Crippen molar-refractivity contribution >= 4 is 12.3 Å². The van der Waals surface area contributed by atoms with Gasteiger partial charge in [-0.3, -0.25) is 4.79 Å². The third-order valence-corrected chi connectivity index (χ3v) is 1.04. The number of carbonyl (C=O) groups is 2. The lowest BCUT2D eigenvalue weighted by Crippen LogP contribution is -1.98. The predicted octanol–water partition coefficient (Wildman–Crippen LogP) is 1.42. The monoisotopic (exact) mass is 180 g/mol. The van der Waals surface area contributed by atoms with E-state index in [2.05, 4.69) is 4.74 Å². The van der Waals surface area contributed by atoms with Crippen LogP contribution in [0.5, 0.6) is 0 Å². The molecule has 0 aromatic heterocycles. The summed E-state index contributed by atoms with van der Waals surface area (Å²) in [5, 5.41) is 0. The minimum absolute atomic E-state index is 0.369. The normalized spacial score (nSPS) is 11.5. The van der Waals surface area contributed by atoms with Crippen LogP contribution in [0.4, 0.5) is 0 Å². The van der Waals surface area contributed by atoms with Gasteiger partial charge in [-0.05, 0) is 13.0 Å². The molecule has 0 amide bonds. The Morgan fingerprint density at radius 1 is 1.15 bits per heavy atom. The summed E-state index contributed by atoms with van der Waals surface area (Å²) in [5.41, 5.74) is 0. The second kappa shape index (κ2) is 8.46.